The Morgan fingerprint density at radius 1 is 1.15 bits per heavy atom. The van der Waals surface area contributed by atoms with Gasteiger partial charge in [-0.3, -0.25) is 0 Å². The van der Waals surface area contributed by atoms with Crippen molar-refractivity contribution in [1.29, 1.82) is 0 Å². The molecule has 0 aliphatic heterocycles. The standard InChI is InChI=1S/C23H31N5O4S/c1-23(2,3)27-33(30,31)20-12-15(13-25-21(20)32-4)14-5-10-18-19(11-14)28(22(24)26-18)16-6-8-17(29)9-7-16/h5,10-13,16-17,27,29H,6-9H2,1-4H3,(H2,24,26). The smallest absolute Gasteiger partial charge is 0.246 e. The molecule has 3 aromatic rings. The van der Waals surface area contributed by atoms with Crippen LogP contribution < -0.4 is 15.2 Å². The molecule has 10 heteroatoms. The molecule has 0 unspecified atom stereocenters. The van der Waals surface area contributed by atoms with Gasteiger partial charge in [0.2, 0.25) is 21.9 Å². The summed E-state index contributed by atoms with van der Waals surface area (Å²) in [5, 5.41) is 9.88. The number of nitrogen functional groups attached to an aromatic ring is 1. The number of ether oxygens (including phenoxy) is 1. The summed E-state index contributed by atoms with van der Waals surface area (Å²) >= 11 is 0. The molecule has 0 amide bonds. The number of nitrogens with two attached hydrogens (primary N) is 1. The van der Waals surface area contributed by atoms with E-state index >= 15 is 0 Å². The molecule has 1 aliphatic rings. The summed E-state index contributed by atoms with van der Waals surface area (Å²) in [7, 11) is -2.46. The molecule has 0 saturated heterocycles. The number of anilines is 1. The lowest BCUT2D eigenvalue weighted by atomic mass is 9.93. The molecule has 1 aliphatic carbocycles. The minimum absolute atomic E-state index is 0.0215. The number of rotatable bonds is 5. The highest BCUT2D eigenvalue weighted by Crippen LogP contribution is 2.36. The number of hydrogen-bond donors (Lipinski definition) is 3. The van der Waals surface area contributed by atoms with Crippen LogP contribution >= 0.6 is 0 Å². The van der Waals surface area contributed by atoms with E-state index < -0.39 is 15.6 Å². The molecule has 0 radical (unpaired) electrons. The topological polar surface area (TPSA) is 132 Å². The van der Waals surface area contributed by atoms with Crippen LogP contribution in [0.2, 0.25) is 0 Å². The SMILES string of the molecule is COc1ncc(-c2ccc3nc(N)n(C4CCC(O)CC4)c3c2)cc1S(=O)(=O)NC(C)(C)C. The van der Waals surface area contributed by atoms with Crippen LogP contribution in [0.4, 0.5) is 5.95 Å². The van der Waals surface area contributed by atoms with Crippen LogP contribution in [-0.2, 0) is 10.0 Å². The Kier molecular flexibility index (Phi) is 6.10. The van der Waals surface area contributed by atoms with Crippen molar-refractivity contribution >= 4 is 27.0 Å². The van der Waals surface area contributed by atoms with E-state index in [4.69, 9.17) is 10.5 Å². The summed E-state index contributed by atoms with van der Waals surface area (Å²) in [4.78, 5) is 8.74. The summed E-state index contributed by atoms with van der Waals surface area (Å²) < 4.78 is 36.0. The predicted octanol–water partition coefficient (Wildman–Crippen LogP) is 3.24. The van der Waals surface area contributed by atoms with Gasteiger partial charge < -0.3 is 20.1 Å². The lowest BCUT2D eigenvalue weighted by molar-refractivity contribution is 0.112. The summed E-state index contributed by atoms with van der Waals surface area (Å²) in [6.07, 6.45) is 4.44. The van der Waals surface area contributed by atoms with Crippen molar-refractivity contribution in [2.75, 3.05) is 12.8 Å². The first-order valence-electron chi connectivity index (χ1n) is 11.0. The molecule has 2 aromatic heterocycles. The second-order valence-corrected chi connectivity index (χ2v) is 11.2. The maximum atomic E-state index is 13.0. The largest absolute Gasteiger partial charge is 0.480 e. The third-order valence-corrected chi connectivity index (χ3v) is 7.58. The highest BCUT2D eigenvalue weighted by Gasteiger charge is 2.27. The Labute approximate surface area is 194 Å². The van der Waals surface area contributed by atoms with Crippen molar-refractivity contribution in [3.05, 3.63) is 30.5 Å². The number of nitrogens with one attached hydrogen (secondary N) is 1. The minimum atomic E-state index is -3.86. The van der Waals surface area contributed by atoms with Crippen LogP contribution in [0.5, 0.6) is 5.88 Å². The van der Waals surface area contributed by atoms with Crippen molar-refractivity contribution in [2.24, 2.45) is 0 Å². The van der Waals surface area contributed by atoms with Gasteiger partial charge in [-0.25, -0.2) is 23.1 Å². The van der Waals surface area contributed by atoms with Crippen molar-refractivity contribution in [3.8, 4) is 17.0 Å². The summed E-state index contributed by atoms with van der Waals surface area (Å²) in [5.74, 6) is 0.473. The number of pyridine rings is 1. The zero-order valence-corrected chi connectivity index (χ0v) is 20.2. The van der Waals surface area contributed by atoms with Crippen LogP contribution in [-0.4, -0.2) is 46.8 Å². The number of imidazole rings is 1. The molecule has 0 spiro atoms. The molecule has 9 nitrogen and oxygen atoms in total. The van der Waals surface area contributed by atoms with Gasteiger partial charge in [0, 0.05) is 23.3 Å². The van der Waals surface area contributed by atoms with Crippen LogP contribution in [0.1, 0.15) is 52.5 Å². The Hall–Kier alpha value is -2.69. The number of fused-ring (bicyclic) bond motifs is 1. The maximum absolute atomic E-state index is 13.0. The van der Waals surface area contributed by atoms with Gasteiger partial charge in [-0.2, -0.15) is 0 Å². The van der Waals surface area contributed by atoms with Crippen molar-refractivity contribution in [1.82, 2.24) is 19.3 Å². The second-order valence-electron chi connectivity index (χ2n) is 9.59. The number of aliphatic hydroxyl groups is 1. The molecule has 4 N–H and O–H groups in total. The highest BCUT2D eigenvalue weighted by atomic mass is 32.2. The Balaban J connectivity index is 1.79. The normalized spacial score (nSPS) is 19.7. The third-order valence-electron chi connectivity index (χ3n) is 5.82. The summed E-state index contributed by atoms with van der Waals surface area (Å²) in [6.45, 7) is 5.33. The van der Waals surface area contributed by atoms with Gasteiger partial charge in [0.15, 0.2) is 0 Å². The number of methoxy groups -OCH3 is 1. The second kappa shape index (κ2) is 8.58. The first-order chi connectivity index (χ1) is 15.5. The lowest BCUT2D eigenvalue weighted by Gasteiger charge is -2.27. The van der Waals surface area contributed by atoms with Crippen molar-refractivity contribution in [2.45, 2.75) is 69.0 Å². The average Bonchev–Trinajstić information content (AvgIpc) is 3.07. The molecule has 0 bridgehead atoms. The molecule has 178 valence electrons. The van der Waals surface area contributed by atoms with Crippen molar-refractivity contribution < 1.29 is 18.3 Å². The summed E-state index contributed by atoms with van der Waals surface area (Å²) in [5.41, 5.74) is 8.68. The molecule has 1 fully saturated rings. The first-order valence-corrected chi connectivity index (χ1v) is 12.5. The maximum Gasteiger partial charge on any atom is 0.246 e. The van der Waals surface area contributed by atoms with E-state index in [1.54, 1.807) is 33.0 Å². The van der Waals surface area contributed by atoms with E-state index in [-0.39, 0.29) is 22.9 Å². The minimum Gasteiger partial charge on any atom is -0.480 e. The highest BCUT2D eigenvalue weighted by molar-refractivity contribution is 7.89. The fourth-order valence-corrected chi connectivity index (χ4v) is 5.95. The molecule has 1 aromatic carbocycles. The molecule has 0 atom stereocenters. The van der Waals surface area contributed by atoms with Gasteiger partial charge in [0.25, 0.3) is 0 Å². The molecular formula is C23H31N5O4S. The number of sulfonamides is 1. The molecular weight excluding hydrogens is 442 g/mol. The Morgan fingerprint density at radius 2 is 1.85 bits per heavy atom. The van der Waals surface area contributed by atoms with E-state index in [1.165, 1.54) is 7.11 Å². The van der Waals surface area contributed by atoms with Gasteiger partial charge in [-0.15, -0.1) is 0 Å². The summed E-state index contributed by atoms with van der Waals surface area (Å²) in [6, 6.07) is 7.44. The molecule has 4 rings (SSSR count). The lowest BCUT2D eigenvalue weighted by Crippen LogP contribution is -2.40. The Bertz CT molecular complexity index is 1270. The van der Waals surface area contributed by atoms with E-state index in [2.05, 4.69) is 14.7 Å². The van der Waals surface area contributed by atoms with Gasteiger partial charge >= 0.3 is 0 Å². The number of benzene rings is 1. The number of aromatic nitrogens is 3. The zero-order chi connectivity index (χ0) is 24.0. The number of aliphatic hydroxyl groups excluding tert-OH is 1. The third kappa shape index (κ3) is 4.83. The van der Waals surface area contributed by atoms with Crippen LogP contribution in [0.3, 0.4) is 0 Å². The monoisotopic (exact) mass is 473 g/mol. The van der Waals surface area contributed by atoms with E-state index in [1.807, 2.05) is 22.8 Å². The first kappa shape index (κ1) is 23.5. The fourth-order valence-electron chi connectivity index (χ4n) is 4.39. The average molecular weight is 474 g/mol. The molecule has 33 heavy (non-hydrogen) atoms. The Morgan fingerprint density at radius 3 is 2.48 bits per heavy atom. The fraction of sp³-hybridized carbons (Fsp3) is 0.478. The van der Waals surface area contributed by atoms with Crippen LogP contribution in [0.15, 0.2) is 35.4 Å². The van der Waals surface area contributed by atoms with Crippen LogP contribution in [0, 0.1) is 0 Å². The number of nitrogens with zero attached hydrogens (tertiary/aromatic N) is 3. The van der Waals surface area contributed by atoms with E-state index in [9.17, 15) is 13.5 Å². The van der Waals surface area contributed by atoms with E-state index in [0.717, 1.165) is 42.3 Å². The predicted molar refractivity (Wildman–Crippen MR) is 128 cm³/mol. The quantitative estimate of drug-likeness (QED) is 0.518. The van der Waals surface area contributed by atoms with Gasteiger partial charge in [0.05, 0.1) is 24.2 Å². The van der Waals surface area contributed by atoms with Crippen molar-refractivity contribution in [3.63, 3.8) is 0 Å². The van der Waals surface area contributed by atoms with Gasteiger partial charge in [-0.1, -0.05) is 6.07 Å². The molecule has 2 heterocycles. The zero-order valence-electron chi connectivity index (χ0n) is 19.4. The van der Waals surface area contributed by atoms with Gasteiger partial charge in [0.1, 0.15) is 4.90 Å². The van der Waals surface area contributed by atoms with E-state index in [0.29, 0.717) is 11.5 Å². The number of hydrogen-bond acceptors (Lipinski definition) is 7. The van der Waals surface area contributed by atoms with Crippen LogP contribution in [0.25, 0.3) is 22.2 Å². The molecule has 1 saturated carbocycles. The van der Waals surface area contributed by atoms with Gasteiger partial charge in [-0.05, 0) is 70.2 Å².